The van der Waals surface area contributed by atoms with E-state index >= 15 is 0 Å². The van der Waals surface area contributed by atoms with Crippen LogP contribution >= 0.6 is 0 Å². The van der Waals surface area contributed by atoms with E-state index in [0.717, 1.165) is 12.2 Å². The van der Waals surface area contributed by atoms with Crippen LogP contribution in [0.2, 0.25) is 0 Å². The zero-order chi connectivity index (χ0) is 9.42. The van der Waals surface area contributed by atoms with Crippen molar-refractivity contribution < 1.29 is 4.39 Å². The minimum atomic E-state index is -0.153. The molecular weight excluding hydrogens is 167 g/mol. The van der Waals surface area contributed by atoms with E-state index in [-0.39, 0.29) is 5.82 Å². The summed E-state index contributed by atoms with van der Waals surface area (Å²) in [6.45, 7) is 2.93. The van der Waals surface area contributed by atoms with Gasteiger partial charge in [-0.15, -0.1) is 0 Å². The highest BCUT2D eigenvalue weighted by atomic mass is 19.1. The van der Waals surface area contributed by atoms with E-state index in [1.165, 1.54) is 6.07 Å². The molecule has 0 fully saturated rings. The molecule has 0 amide bonds. The SMILES string of the molecule is CC1CN(C)c2c(F)cccc2N1. The highest BCUT2D eigenvalue weighted by molar-refractivity contribution is 5.72. The van der Waals surface area contributed by atoms with Crippen LogP contribution in [-0.2, 0) is 0 Å². The predicted molar refractivity (Wildman–Crippen MR) is 52.8 cm³/mol. The summed E-state index contributed by atoms with van der Waals surface area (Å²) in [6, 6.07) is 5.50. The number of benzene rings is 1. The van der Waals surface area contributed by atoms with Gasteiger partial charge in [-0.05, 0) is 19.1 Å². The number of halogens is 1. The predicted octanol–water partition coefficient (Wildman–Crippen LogP) is 2.08. The number of para-hydroxylation sites is 1. The monoisotopic (exact) mass is 180 g/mol. The highest BCUT2D eigenvalue weighted by Gasteiger charge is 2.20. The fourth-order valence-electron chi connectivity index (χ4n) is 1.83. The maximum atomic E-state index is 13.4. The zero-order valence-corrected chi connectivity index (χ0v) is 7.84. The third-order valence-electron chi connectivity index (χ3n) is 2.32. The Kier molecular flexibility index (Phi) is 1.87. The van der Waals surface area contributed by atoms with Crippen molar-refractivity contribution in [1.29, 1.82) is 0 Å². The Labute approximate surface area is 77.4 Å². The van der Waals surface area contributed by atoms with Crippen LogP contribution in [0.3, 0.4) is 0 Å². The second kappa shape index (κ2) is 2.91. The molecule has 1 unspecified atom stereocenters. The summed E-state index contributed by atoms with van der Waals surface area (Å²) < 4.78 is 13.4. The van der Waals surface area contributed by atoms with Gasteiger partial charge in [0.25, 0.3) is 0 Å². The molecule has 1 aliphatic heterocycles. The molecule has 0 saturated heterocycles. The first-order valence-corrected chi connectivity index (χ1v) is 4.44. The maximum Gasteiger partial charge on any atom is 0.148 e. The summed E-state index contributed by atoms with van der Waals surface area (Å²) in [5, 5.41) is 3.25. The molecule has 70 valence electrons. The first-order valence-electron chi connectivity index (χ1n) is 4.44. The van der Waals surface area contributed by atoms with E-state index in [2.05, 4.69) is 12.2 Å². The van der Waals surface area contributed by atoms with Gasteiger partial charge < -0.3 is 10.2 Å². The quantitative estimate of drug-likeness (QED) is 0.657. The molecule has 1 aromatic carbocycles. The molecule has 0 aliphatic carbocycles. The summed E-state index contributed by atoms with van der Waals surface area (Å²) in [5.74, 6) is -0.153. The summed E-state index contributed by atoms with van der Waals surface area (Å²) in [5.41, 5.74) is 1.57. The van der Waals surface area contributed by atoms with Gasteiger partial charge in [0.1, 0.15) is 5.82 Å². The Morgan fingerprint density at radius 3 is 3.08 bits per heavy atom. The molecule has 13 heavy (non-hydrogen) atoms. The number of nitrogens with zero attached hydrogens (tertiary/aromatic N) is 1. The van der Waals surface area contributed by atoms with Gasteiger partial charge in [0.2, 0.25) is 0 Å². The van der Waals surface area contributed by atoms with Crippen molar-refractivity contribution in [1.82, 2.24) is 0 Å². The molecule has 1 N–H and O–H groups in total. The van der Waals surface area contributed by atoms with Gasteiger partial charge in [0.05, 0.1) is 11.4 Å². The van der Waals surface area contributed by atoms with Crippen LogP contribution in [-0.4, -0.2) is 19.6 Å². The molecule has 0 radical (unpaired) electrons. The van der Waals surface area contributed by atoms with Crippen LogP contribution in [0.4, 0.5) is 15.8 Å². The lowest BCUT2D eigenvalue weighted by atomic mass is 10.1. The molecule has 1 aromatic rings. The van der Waals surface area contributed by atoms with Crippen molar-refractivity contribution in [3.63, 3.8) is 0 Å². The largest absolute Gasteiger partial charge is 0.379 e. The van der Waals surface area contributed by atoms with E-state index in [1.807, 2.05) is 18.0 Å². The van der Waals surface area contributed by atoms with Gasteiger partial charge in [-0.1, -0.05) is 6.07 Å². The molecule has 0 bridgehead atoms. The summed E-state index contributed by atoms with van der Waals surface area (Å²) in [6.07, 6.45) is 0. The summed E-state index contributed by atoms with van der Waals surface area (Å²) in [4.78, 5) is 1.95. The fraction of sp³-hybridized carbons (Fsp3) is 0.400. The van der Waals surface area contributed by atoms with Crippen molar-refractivity contribution in [2.24, 2.45) is 0 Å². The number of anilines is 2. The molecule has 0 spiro atoms. The lowest BCUT2D eigenvalue weighted by Gasteiger charge is -2.33. The van der Waals surface area contributed by atoms with Gasteiger partial charge in [-0.3, -0.25) is 0 Å². The zero-order valence-electron chi connectivity index (χ0n) is 7.84. The number of hydrogen-bond donors (Lipinski definition) is 1. The van der Waals surface area contributed by atoms with Crippen molar-refractivity contribution >= 4 is 11.4 Å². The molecule has 1 atom stereocenters. The third kappa shape index (κ3) is 1.34. The van der Waals surface area contributed by atoms with Gasteiger partial charge in [-0.2, -0.15) is 0 Å². The first kappa shape index (κ1) is 8.35. The third-order valence-corrected chi connectivity index (χ3v) is 2.32. The number of nitrogens with one attached hydrogen (secondary N) is 1. The highest BCUT2D eigenvalue weighted by Crippen LogP contribution is 2.31. The van der Waals surface area contributed by atoms with Crippen LogP contribution in [0.1, 0.15) is 6.92 Å². The van der Waals surface area contributed by atoms with Crippen molar-refractivity contribution in [3.05, 3.63) is 24.0 Å². The van der Waals surface area contributed by atoms with Gasteiger partial charge in [-0.25, -0.2) is 4.39 Å². The Bertz CT molecular complexity index is 325. The lowest BCUT2D eigenvalue weighted by molar-refractivity contribution is 0.613. The summed E-state index contributed by atoms with van der Waals surface area (Å²) >= 11 is 0. The minimum absolute atomic E-state index is 0.153. The first-order chi connectivity index (χ1) is 6.18. The van der Waals surface area contributed by atoms with Crippen LogP contribution in [0.25, 0.3) is 0 Å². The van der Waals surface area contributed by atoms with Crippen molar-refractivity contribution in [2.45, 2.75) is 13.0 Å². The van der Waals surface area contributed by atoms with Gasteiger partial charge >= 0.3 is 0 Å². The Morgan fingerprint density at radius 1 is 1.54 bits per heavy atom. The fourth-order valence-corrected chi connectivity index (χ4v) is 1.83. The van der Waals surface area contributed by atoms with E-state index in [1.54, 1.807) is 6.07 Å². The Hall–Kier alpha value is -1.25. The molecule has 3 heteroatoms. The molecule has 0 aromatic heterocycles. The normalized spacial score (nSPS) is 20.8. The maximum absolute atomic E-state index is 13.4. The number of likely N-dealkylation sites (N-methyl/N-ethyl adjacent to an activating group) is 1. The molecule has 2 rings (SSSR count). The van der Waals surface area contributed by atoms with Crippen LogP contribution < -0.4 is 10.2 Å². The van der Waals surface area contributed by atoms with E-state index < -0.39 is 0 Å². The minimum Gasteiger partial charge on any atom is -0.379 e. The van der Waals surface area contributed by atoms with Crippen LogP contribution in [0, 0.1) is 5.82 Å². The second-order valence-corrected chi connectivity index (χ2v) is 3.56. The van der Waals surface area contributed by atoms with E-state index in [0.29, 0.717) is 11.7 Å². The van der Waals surface area contributed by atoms with Crippen LogP contribution in [0.5, 0.6) is 0 Å². The molecular formula is C10H13FN2. The average Bonchev–Trinajstić information content (AvgIpc) is 2.02. The Morgan fingerprint density at radius 2 is 2.31 bits per heavy atom. The van der Waals surface area contributed by atoms with E-state index in [4.69, 9.17) is 0 Å². The smallest absolute Gasteiger partial charge is 0.148 e. The van der Waals surface area contributed by atoms with Crippen molar-refractivity contribution in [2.75, 3.05) is 23.8 Å². The Balaban J connectivity index is 2.49. The second-order valence-electron chi connectivity index (χ2n) is 3.56. The van der Waals surface area contributed by atoms with Crippen LogP contribution in [0.15, 0.2) is 18.2 Å². The standard InChI is InChI=1S/C10H13FN2/c1-7-6-13(2)10-8(11)4-3-5-9(10)12-7/h3-5,7,12H,6H2,1-2H3. The average molecular weight is 180 g/mol. The van der Waals surface area contributed by atoms with E-state index in [9.17, 15) is 4.39 Å². The van der Waals surface area contributed by atoms with Crippen molar-refractivity contribution in [3.8, 4) is 0 Å². The molecule has 1 aliphatic rings. The number of fused-ring (bicyclic) bond motifs is 1. The van der Waals surface area contributed by atoms with Gasteiger partial charge in [0, 0.05) is 19.6 Å². The summed E-state index contributed by atoms with van der Waals surface area (Å²) in [7, 11) is 1.92. The molecule has 2 nitrogen and oxygen atoms in total. The molecule has 1 heterocycles. The lowest BCUT2D eigenvalue weighted by Crippen LogP contribution is -2.37. The van der Waals surface area contributed by atoms with Gasteiger partial charge in [0.15, 0.2) is 0 Å². The number of hydrogen-bond acceptors (Lipinski definition) is 2. The topological polar surface area (TPSA) is 15.3 Å². The number of rotatable bonds is 0. The molecule has 0 saturated carbocycles.